The van der Waals surface area contributed by atoms with Gasteiger partial charge in [-0.25, -0.2) is 0 Å². The summed E-state index contributed by atoms with van der Waals surface area (Å²) in [6, 6.07) is 72.2. The van der Waals surface area contributed by atoms with E-state index in [2.05, 4.69) is 200 Å². The predicted octanol–water partition coefficient (Wildman–Crippen LogP) is 13.8. The number of halogens is 1. The molecule has 0 saturated carbocycles. The van der Waals surface area contributed by atoms with Gasteiger partial charge in [0.2, 0.25) is 0 Å². The number of benzene rings is 8. The minimum atomic E-state index is -0.504. The van der Waals surface area contributed by atoms with E-state index in [0.29, 0.717) is 5.02 Å². The highest BCUT2D eigenvalue weighted by Crippen LogP contribution is 2.59. The lowest BCUT2D eigenvalue weighted by atomic mass is 9.68. The molecule has 0 fully saturated rings. The molecule has 0 aromatic heterocycles. The second-order valence-corrected chi connectivity index (χ2v) is 13.9. The molecule has 0 heterocycles. The quantitative estimate of drug-likeness (QED) is 0.161. The lowest BCUT2D eigenvalue weighted by molar-refractivity contribution is 0.768. The monoisotopic (exact) mass is 685 g/mol. The second-order valence-electron chi connectivity index (χ2n) is 13.5. The van der Waals surface area contributed by atoms with E-state index in [0.717, 1.165) is 28.2 Å². The van der Waals surface area contributed by atoms with Gasteiger partial charge in [-0.2, -0.15) is 0 Å². The molecule has 0 saturated heterocycles. The molecule has 0 spiro atoms. The Bertz CT molecular complexity index is 2500. The average Bonchev–Trinajstić information content (AvgIpc) is 3.51. The van der Waals surface area contributed by atoms with Crippen LogP contribution < -0.4 is 4.90 Å². The molecule has 0 radical (unpaired) electrons. The van der Waals surface area contributed by atoms with Crippen LogP contribution in [0, 0.1) is 6.92 Å². The van der Waals surface area contributed by atoms with Crippen molar-refractivity contribution in [1.82, 2.24) is 0 Å². The molecule has 248 valence electrons. The van der Waals surface area contributed by atoms with Gasteiger partial charge >= 0.3 is 0 Å². The van der Waals surface area contributed by atoms with Gasteiger partial charge in [0.25, 0.3) is 0 Å². The number of anilines is 3. The summed E-state index contributed by atoms with van der Waals surface area (Å²) in [5, 5.41) is 0.693. The van der Waals surface area contributed by atoms with Crippen molar-refractivity contribution in [3.63, 3.8) is 0 Å². The maximum Gasteiger partial charge on any atom is 0.0714 e. The van der Waals surface area contributed by atoms with Crippen LogP contribution in [0.3, 0.4) is 0 Å². The van der Waals surface area contributed by atoms with Gasteiger partial charge in [-0.15, -0.1) is 0 Å². The number of para-hydroxylation sites is 1. The van der Waals surface area contributed by atoms with E-state index in [-0.39, 0.29) is 0 Å². The molecule has 2 heteroatoms. The first-order valence-corrected chi connectivity index (χ1v) is 18.2. The lowest BCUT2D eigenvalue weighted by Crippen LogP contribution is -2.28. The summed E-state index contributed by atoms with van der Waals surface area (Å²) in [6.45, 7) is 2.14. The van der Waals surface area contributed by atoms with Crippen molar-refractivity contribution in [1.29, 1.82) is 0 Å². The third-order valence-electron chi connectivity index (χ3n) is 10.5. The van der Waals surface area contributed by atoms with Crippen LogP contribution in [-0.2, 0) is 5.41 Å². The first kappa shape index (κ1) is 31.8. The van der Waals surface area contributed by atoms with Gasteiger partial charge in [0.05, 0.1) is 16.8 Å². The molecule has 0 bridgehead atoms. The Morgan fingerprint density at radius 3 is 1.71 bits per heavy atom. The fraction of sp³-hybridized carbons (Fsp3) is 0.0400. The SMILES string of the molecule is Cc1cccc(-c2ccc(-c3ccccc3N(c3cccc(Cl)c3)c3cccc4c3-c3ccccc3C4(c3ccccc3)c3ccccc3)cc2)c1. The highest BCUT2D eigenvalue weighted by molar-refractivity contribution is 6.31. The standard InChI is InChI=1S/C50H36ClN/c1-35-15-12-16-38(33-35)36-29-31-37(32-30-36)43-23-9-11-27-47(43)52(42-22-13-21-41(51)34-42)48-28-14-26-46-49(48)44-24-8-10-25-45(44)50(46,39-17-4-2-5-18-39)40-19-6-3-7-20-40/h2-34H,1H3. The third-order valence-corrected chi connectivity index (χ3v) is 10.7. The van der Waals surface area contributed by atoms with Crippen LogP contribution in [0.5, 0.6) is 0 Å². The Hall–Kier alpha value is -6.15. The van der Waals surface area contributed by atoms with Gasteiger partial charge in [-0.1, -0.05) is 187 Å². The summed E-state index contributed by atoms with van der Waals surface area (Å²) in [5.41, 5.74) is 16.1. The van der Waals surface area contributed by atoms with Gasteiger partial charge in [-0.3, -0.25) is 0 Å². The fourth-order valence-electron chi connectivity index (χ4n) is 8.26. The number of aryl methyl sites for hydroxylation is 1. The first-order chi connectivity index (χ1) is 25.6. The van der Waals surface area contributed by atoms with Crippen LogP contribution in [0.1, 0.15) is 27.8 Å². The highest BCUT2D eigenvalue weighted by atomic mass is 35.5. The van der Waals surface area contributed by atoms with Gasteiger partial charge in [-0.05, 0) is 81.8 Å². The summed E-state index contributed by atoms with van der Waals surface area (Å²) in [6.07, 6.45) is 0. The number of hydrogen-bond acceptors (Lipinski definition) is 1. The van der Waals surface area contributed by atoms with E-state index in [1.165, 1.54) is 50.1 Å². The molecular weight excluding hydrogens is 650 g/mol. The molecule has 8 aromatic carbocycles. The van der Waals surface area contributed by atoms with Crippen molar-refractivity contribution in [2.75, 3.05) is 4.90 Å². The molecular formula is C50H36ClN. The molecule has 0 atom stereocenters. The molecule has 52 heavy (non-hydrogen) atoms. The van der Waals surface area contributed by atoms with Gasteiger partial charge in [0.15, 0.2) is 0 Å². The summed E-state index contributed by atoms with van der Waals surface area (Å²) < 4.78 is 0. The van der Waals surface area contributed by atoms with E-state index in [9.17, 15) is 0 Å². The van der Waals surface area contributed by atoms with Crippen LogP contribution in [0.15, 0.2) is 200 Å². The zero-order chi connectivity index (χ0) is 35.1. The largest absolute Gasteiger partial charge is 0.309 e. The number of rotatable bonds is 7. The molecule has 0 unspecified atom stereocenters. The van der Waals surface area contributed by atoms with Crippen LogP contribution in [0.4, 0.5) is 17.1 Å². The van der Waals surface area contributed by atoms with Crippen LogP contribution in [0.2, 0.25) is 5.02 Å². The molecule has 0 aliphatic heterocycles. The van der Waals surface area contributed by atoms with Crippen molar-refractivity contribution < 1.29 is 0 Å². The van der Waals surface area contributed by atoms with Crippen molar-refractivity contribution in [3.05, 3.63) is 233 Å². The highest BCUT2D eigenvalue weighted by Gasteiger charge is 2.47. The van der Waals surface area contributed by atoms with E-state index < -0.39 is 5.41 Å². The maximum atomic E-state index is 6.78. The zero-order valence-electron chi connectivity index (χ0n) is 28.9. The number of nitrogens with zero attached hydrogens (tertiary/aromatic N) is 1. The minimum absolute atomic E-state index is 0.504. The topological polar surface area (TPSA) is 3.24 Å². The third kappa shape index (κ3) is 5.25. The van der Waals surface area contributed by atoms with E-state index in [1.54, 1.807) is 0 Å². The van der Waals surface area contributed by atoms with E-state index >= 15 is 0 Å². The Kier molecular flexibility index (Phi) is 8.07. The van der Waals surface area contributed by atoms with Gasteiger partial charge in [0, 0.05) is 21.8 Å². The predicted molar refractivity (Wildman–Crippen MR) is 219 cm³/mol. The zero-order valence-corrected chi connectivity index (χ0v) is 29.6. The van der Waals surface area contributed by atoms with Gasteiger partial charge < -0.3 is 4.90 Å². The average molecular weight is 686 g/mol. The van der Waals surface area contributed by atoms with Crippen molar-refractivity contribution in [3.8, 4) is 33.4 Å². The normalized spacial score (nSPS) is 12.6. The van der Waals surface area contributed by atoms with E-state index in [4.69, 9.17) is 11.6 Å². The minimum Gasteiger partial charge on any atom is -0.309 e. The lowest BCUT2D eigenvalue weighted by Gasteiger charge is -2.34. The van der Waals surface area contributed by atoms with Crippen molar-refractivity contribution >= 4 is 28.7 Å². The summed E-state index contributed by atoms with van der Waals surface area (Å²) in [5.74, 6) is 0. The van der Waals surface area contributed by atoms with E-state index in [1.807, 2.05) is 12.1 Å². The molecule has 1 aliphatic rings. The Labute approximate surface area is 311 Å². The van der Waals surface area contributed by atoms with Gasteiger partial charge in [0.1, 0.15) is 0 Å². The maximum absolute atomic E-state index is 6.78. The Morgan fingerprint density at radius 1 is 0.423 bits per heavy atom. The molecule has 1 nitrogen and oxygen atoms in total. The summed E-state index contributed by atoms with van der Waals surface area (Å²) in [7, 11) is 0. The Balaban J connectivity index is 1.30. The summed E-state index contributed by atoms with van der Waals surface area (Å²) >= 11 is 6.78. The fourth-order valence-corrected chi connectivity index (χ4v) is 8.45. The molecule has 1 aliphatic carbocycles. The number of hydrogen-bond donors (Lipinski definition) is 0. The molecule has 0 amide bonds. The van der Waals surface area contributed by atoms with Crippen LogP contribution in [0.25, 0.3) is 33.4 Å². The number of fused-ring (bicyclic) bond motifs is 3. The smallest absolute Gasteiger partial charge is 0.0714 e. The van der Waals surface area contributed by atoms with Crippen molar-refractivity contribution in [2.24, 2.45) is 0 Å². The molecule has 8 aromatic rings. The molecule has 9 rings (SSSR count). The summed E-state index contributed by atoms with van der Waals surface area (Å²) in [4.78, 5) is 2.40. The van der Waals surface area contributed by atoms with Crippen LogP contribution in [-0.4, -0.2) is 0 Å². The first-order valence-electron chi connectivity index (χ1n) is 17.8. The Morgan fingerprint density at radius 2 is 1.00 bits per heavy atom. The molecule has 0 N–H and O–H groups in total. The van der Waals surface area contributed by atoms with Crippen LogP contribution >= 0.6 is 11.6 Å². The van der Waals surface area contributed by atoms with Crippen molar-refractivity contribution in [2.45, 2.75) is 12.3 Å². The second kappa shape index (κ2) is 13.2.